The molecule has 2 aromatic rings. The van der Waals surface area contributed by atoms with Crippen LogP contribution in [0.15, 0.2) is 72.5 Å². The van der Waals surface area contributed by atoms with Gasteiger partial charge in [0, 0.05) is 53.5 Å². The van der Waals surface area contributed by atoms with Crippen molar-refractivity contribution in [1.82, 2.24) is 9.80 Å². The Balaban J connectivity index is 1.39. The summed E-state index contributed by atoms with van der Waals surface area (Å²) in [5, 5.41) is 33.5. The number of rotatable bonds is 6. The van der Waals surface area contributed by atoms with Crippen molar-refractivity contribution in [2.24, 2.45) is 5.41 Å². The number of halogens is 1. The first-order valence-electron chi connectivity index (χ1n) is 13.7. The minimum Gasteiger partial charge on any atom is -0.472 e. The maximum atomic E-state index is 11.8. The van der Waals surface area contributed by atoms with Crippen LogP contribution in [0.3, 0.4) is 0 Å². The molecule has 0 aliphatic carbocycles. The zero-order valence-corrected chi connectivity index (χ0v) is 23.8. The SMILES string of the molecule is CC(C)(O)c1ccc2c(c1)C(=CCCN1CCC(O)(c3ccc(Cl)cc3)C(C)(CO)C1)C1=CC=CCN1CO2. The van der Waals surface area contributed by atoms with Crippen LogP contribution in [0.25, 0.3) is 5.57 Å². The Kier molecular flexibility index (Phi) is 7.70. The summed E-state index contributed by atoms with van der Waals surface area (Å²) in [6, 6.07) is 13.2. The van der Waals surface area contributed by atoms with Crippen LogP contribution in [0.5, 0.6) is 5.75 Å². The van der Waals surface area contributed by atoms with Crippen LogP contribution in [0.1, 0.15) is 50.3 Å². The van der Waals surface area contributed by atoms with Crippen LogP contribution >= 0.6 is 11.6 Å². The number of piperidine rings is 1. The second-order valence-electron chi connectivity index (χ2n) is 11.8. The van der Waals surface area contributed by atoms with Gasteiger partial charge in [0.15, 0.2) is 6.73 Å². The van der Waals surface area contributed by atoms with Crippen LogP contribution in [-0.4, -0.2) is 64.6 Å². The van der Waals surface area contributed by atoms with Gasteiger partial charge in [-0.05, 0) is 68.2 Å². The number of likely N-dealkylation sites (tertiary alicyclic amines) is 1. The maximum absolute atomic E-state index is 11.8. The Labute approximate surface area is 236 Å². The number of fused-ring (bicyclic) bond motifs is 2. The van der Waals surface area contributed by atoms with Crippen LogP contribution < -0.4 is 4.74 Å². The molecule has 0 spiro atoms. The lowest BCUT2D eigenvalue weighted by atomic mass is 9.65. The van der Waals surface area contributed by atoms with Crippen molar-refractivity contribution >= 4 is 17.2 Å². The van der Waals surface area contributed by atoms with Crippen molar-refractivity contribution < 1.29 is 20.1 Å². The highest BCUT2D eigenvalue weighted by Gasteiger charge is 2.51. The molecule has 3 N–H and O–H groups in total. The summed E-state index contributed by atoms with van der Waals surface area (Å²) in [6.07, 6.45) is 9.90. The number of allylic oxidation sites excluding steroid dienone is 3. The number of benzene rings is 2. The van der Waals surface area contributed by atoms with E-state index in [-0.39, 0.29) is 6.61 Å². The van der Waals surface area contributed by atoms with Gasteiger partial charge in [-0.15, -0.1) is 0 Å². The van der Waals surface area contributed by atoms with Gasteiger partial charge < -0.3 is 29.9 Å². The lowest BCUT2D eigenvalue weighted by molar-refractivity contribution is -0.152. The summed E-state index contributed by atoms with van der Waals surface area (Å²) in [6.45, 7) is 8.76. The number of aliphatic hydroxyl groups excluding tert-OH is 1. The topological polar surface area (TPSA) is 76.4 Å². The third-order valence-corrected chi connectivity index (χ3v) is 8.76. The van der Waals surface area contributed by atoms with Crippen molar-refractivity contribution in [1.29, 1.82) is 0 Å². The number of aliphatic hydroxyl groups is 3. The standard InChI is InChI=1S/C32H39ClN2O4/c1-30(2,37)24-11-14-29-27(19-24)26(28-8-4-5-17-35(28)22-39-29)7-6-16-34-18-15-32(38,31(3,20-34)21-36)23-9-12-25(33)13-10-23/h4-5,7-14,19,36-38H,6,15-18,20-22H2,1-3H3. The Morgan fingerprint density at radius 1 is 1.15 bits per heavy atom. The van der Waals surface area contributed by atoms with Crippen molar-refractivity contribution in [2.45, 2.75) is 44.8 Å². The lowest BCUT2D eigenvalue weighted by Gasteiger charge is -2.51. The summed E-state index contributed by atoms with van der Waals surface area (Å²) in [4.78, 5) is 4.54. The van der Waals surface area contributed by atoms with Crippen LogP contribution in [-0.2, 0) is 11.2 Å². The molecule has 3 aliphatic heterocycles. The van der Waals surface area contributed by atoms with Crippen LogP contribution in [0, 0.1) is 5.41 Å². The Morgan fingerprint density at radius 3 is 2.64 bits per heavy atom. The number of hydrogen-bond acceptors (Lipinski definition) is 6. The largest absolute Gasteiger partial charge is 0.472 e. The van der Waals surface area contributed by atoms with Gasteiger partial charge in [-0.1, -0.05) is 55.0 Å². The molecule has 39 heavy (non-hydrogen) atoms. The van der Waals surface area contributed by atoms with Gasteiger partial charge in [0.1, 0.15) is 5.75 Å². The monoisotopic (exact) mass is 550 g/mol. The van der Waals surface area contributed by atoms with Gasteiger partial charge in [0.25, 0.3) is 0 Å². The predicted octanol–water partition coefficient (Wildman–Crippen LogP) is 5.04. The minimum atomic E-state index is -1.13. The van der Waals surface area contributed by atoms with Crippen molar-refractivity contribution in [3.8, 4) is 5.75 Å². The first-order chi connectivity index (χ1) is 18.5. The Hall–Kier alpha value is -2.61. The van der Waals surface area contributed by atoms with Crippen molar-refractivity contribution in [2.75, 3.05) is 39.5 Å². The van der Waals surface area contributed by atoms with Gasteiger partial charge in [0.05, 0.1) is 17.8 Å². The second-order valence-corrected chi connectivity index (χ2v) is 12.2. The van der Waals surface area contributed by atoms with E-state index in [4.69, 9.17) is 16.3 Å². The molecule has 0 radical (unpaired) electrons. The van der Waals surface area contributed by atoms with E-state index in [0.29, 0.717) is 24.7 Å². The number of hydrogen-bond donors (Lipinski definition) is 3. The van der Waals surface area contributed by atoms with E-state index >= 15 is 0 Å². The van der Waals surface area contributed by atoms with E-state index in [9.17, 15) is 15.3 Å². The first-order valence-corrected chi connectivity index (χ1v) is 14.1. The molecular formula is C32H39ClN2O4. The molecule has 6 nitrogen and oxygen atoms in total. The molecule has 0 aromatic heterocycles. The third kappa shape index (κ3) is 5.41. The molecule has 3 aliphatic rings. The highest BCUT2D eigenvalue weighted by atomic mass is 35.5. The Morgan fingerprint density at radius 2 is 1.92 bits per heavy atom. The van der Waals surface area contributed by atoms with E-state index in [1.165, 1.54) is 0 Å². The van der Waals surface area contributed by atoms with Gasteiger partial charge in [-0.2, -0.15) is 0 Å². The quantitative estimate of drug-likeness (QED) is 0.468. The summed E-state index contributed by atoms with van der Waals surface area (Å²) in [7, 11) is 0. The highest BCUT2D eigenvalue weighted by molar-refractivity contribution is 6.30. The van der Waals surface area contributed by atoms with E-state index in [2.05, 4.69) is 34.1 Å². The zero-order chi connectivity index (χ0) is 27.8. The molecule has 3 heterocycles. The van der Waals surface area contributed by atoms with Crippen molar-refractivity contribution in [3.63, 3.8) is 0 Å². The van der Waals surface area contributed by atoms with Gasteiger partial charge in [-0.25, -0.2) is 0 Å². The molecular weight excluding hydrogens is 512 g/mol. The molecule has 2 unspecified atom stereocenters. The van der Waals surface area contributed by atoms with Crippen LogP contribution in [0.2, 0.25) is 5.02 Å². The first kappa shape index (κ1) is 27.9. The van der Waals surface area contributed by atoms with Crippen LogP contribution in [0.4, 0.5) is 0 Å². The molecule has 1 fully saturated rings. The number of nitrogens with zero attached hydrogens (tertiary/aromatic N) is 2. The van der Waals surface area contributed by atoms with E-state index < -0.39 is 16.6 Å². The van der Waals surface area contributed by atoms with E-state index in [0.717, 1.165) is 59.8 Å². The summed E-state index contributed by atoms with van der Waals surface area (Å²) >= 11 is 6.09. The smallest absolute Gasteiger partial charge is 0.161 e. The van der Waals surface area contributed by atoms with Gasteiger partial charge in [-0.3, -0.25) is 0 Å². The fourth-order valence-corrected chi connectivity index (χ4v) is 6.11. The molecule has 1 saturated heterocycles. The molecule has 208 valence electrons. The molecule has 0 amide bonds. The molecule has 2 aromatic carbocycles. The Bertz CT molecular complexity index is 1300. The third-order valence-electron chi connectivity index (χ3n) is 8.51. The second kappa shape index (κ2) is 10.8. The van der Waals surface area contributed by atoms with Crippen molar-refractivity contribution in [3.05, 3.63) is 94.2 Å². The zero-order valence-electron chi connectivity index (χ0n) is 23.0. The van der Waals surface area contributed by atoms with Gasteiger partial charge in [0.2, 0.25) is 0 Å². The predicted molar refractivity (Wildman–Crippen MR) is 155 cm³/mol. The molecule has 0 saturated carbocycles. The van der Waals surface area contributed by atoms with E-state index in [1.54, 1.807) is 26.0 Å². The summed E-state index contributed by atoms with van der Waals surface area (Å²) < 4.78 is 6.18. The molecule has 7 heteroatoms. The summed E-state index contributed by atoms with van der Waals surface area (Å²) in [5.74, 6) is 0.809. The molecule has 0 bridgehead atoms. The molecule has 5 rings (SSSR count). The highest BCUT2D eigenvalue weighted by Crippen LogP contribution is 2.46. The fourth-order valence-electron chi connectivity index (χ4n) is 5.99. The lowest BCUT2D eigenvalue weighted by Crippen LogP contribution is -2.58. The minimum absolute atomic E-state index is 0.123. The summed E-state index contributed by atoms with van der Waals surface area (Å²) in [5.41, 5.74) is 2.01. The van der Waals surface area contributed by atoms with E-state index in [1.807, 2.05) is 37.3 Å². The average Bonchev–Trinajstić information content (AvgIpc) is 3.07. The maximum Gasteiger partial charge on any atom is 0.161 e. The fraction of sp³-hybridized carbons (Fsp3) is 0.438. The normalized spacial score (nSPS) is 26.5. The average molecular weight is 551 g/mol. The van der Waals surface area contributed by atoms with Gasteiger partial charge >= 0.3 is 0 Å². The number of ether oxygens (including phenoxy) is 1. The molecule has 2 atom stereocenters.